The molecule has 0 bridgehead atoms. The van der Waals surface area contributed by atoms with Crippen molar-refractivity contribution in [1.82, 2.24) is 0 Å². The van der Waals surface area contributed by atoms with Gasteiger partial charge in [0.05, 0.1) is 18.4 Å². The number of rotatable bonds is 5. The third-order valence-electron chi connectivity index (χ3n) is 2.08. The van der Waals surface area contributed by atoms with Crippen LogP contribution in [0.1, 0.15) is 10.4 Å². The Kier molecular flexibility index (Phi) is 5.37. The van der Waals surface area contributed by atoms with Crippen LogP contribution < -0.4 is 10.1 Å². The molecule has 0 aliphatic rings. The lowest BCUT2D eigenvalue weighted by Crippen LogP contribution is -2.16. The fourth-order valence-corrected chi connectivity index (χ4v) is 1.91. The Morgan fingerprint density at radius 1 is 1.53 bits per heavy atom. The molecular weight excluding hydrogens is 318 g/mol. The highest BCUT2D eigenvalue weighted by Gasteiger charge is 2.18. The van der Waals surface area contributed by atoms with E-state index in [0.717, 1.165) is 0 Å². The molecule has 0 heterocycles. The summed E-state index contributed by atoms with van der Waals surface area (Å²) < 4.78 is 10.0. The van der Waals surface area contributed by atoms with Crippen molar-refractivity contribution in [1.29, 1.82) is 0 Å². The monoisotopic (exact) mass is 329 g/mol. The van der Waals surface area contributed by atoms with Crippen molar-refractivity contribution in [3.63, 3.8) is 0 Å². The number of hydrogen-bond acceptors (Lipinski definition) is 4. The minimum atomic E-state index is -1.19. The smallest absolute Gasteiger partial charge is 0.411 e. The molecule has 0 aliphatic heterocycles. The van der Waals surface area contributed by atoms with Crippen molar-refractivity contribution in [2.75, 3.05) is 19.0 Å². The van der Waals surface area contributed by atoms with Gasteiger partial charge in [-0.05, 0) is 22.0 Å². The van der Waals surface area contributed by atoms with Crippen LogP contribution in [-0.2, 0) is 4.74 Å². The molecule has 0 aliphatic carbocycles. The zero-order chi connectivity index (χ0) is 14.4. The number of amides is 1. The Labute approximate surface area is 118 Å². The molecule has 1 aromatic carbocycles. The van der Waals surface area contributed by atoms with Crippen LogP contribution in [0.5, 0.6) is 5.75 Å². The van der Waals surface area contributed by atoms with Crippen LogP contribution in [0.25, 0.3) is 0 Å². The van der Waals surface area contributed by atoms with Gasteiger partial charge in [0.25, 0.3) is 0 Å². The van der Waals surface area contributed by atoms with Crippen LogP contribution in [0.4, 0.5) is 10.5 Å². The molecule has 0 aromatic heterocycles. The maximum absolute atomic E-state index is 11.4. The summed E-state index contributed by atoms with van der Waals surface area (Å²) >= 11 is 3.11. The van der Waals surface area contributed by atoms with E-state index >= 15 is 0 Å². The highest BCUT2D eigenvalue weighted by atomic mass is 79.9. The standard InChI is InChI=1S/C12H12BrNO5/c1-3-4-19-12(17)14-9-6-7(18-2)5-8(13)10(9)11(15)16/h3,5-6H,1,4H2,2H3,(H,14,17)(H,15,16). The Hall–Kier alpha value is -2.02. The van der Waals surface area contributed by atoms with Gasteiger partial charge in [0.1, 0.15) is 12.4 Å². The van der Waals surface area contributed by atoms with Gasteiger partial charge in [0.2, 0.25) is 0 Å². The predicted molar refractivity (Wildman–Crippen MR) is 72.8 cm³/mol. The van der Waals surface area contributed by atoms with Crippen molar-refractivity contribution < 1.29 is 24.2 Å². The summed E-state index contributed by atoms with van der Waals surface area (Å²) in [6, 6.07) is 2.88. The van der Waals surface area contributed by atoms with Gasteiger partial charge in [0.15, 0.2) is 0 Å². The van der Waals surface area contributed by atoms with Gasteiger partial charge < -0.3 is 14.6 Å². The minimum Gasteiger partial charge on any atom is -0.497 e. The lowest BCUT2D eigenvalue weighted by atomic mass is 10.1. The lowest BCUT2D eigenvalue weighted by Gasteiger charge is -2.12. The maximum Gasteiger partial charge on any atom is 0.411 e. The van der Waals surface area contributed by atoms with Gasteiger partial charge in [-0.3, -0.25) is 5.32 Å². The first kappa shape index (κ1) is 15.0. The zero-order valence-electron chi connectivity index (χ0n) is 10.1. The summed E-state index contributed by atoms with van der Waals surface area (Å²) in [5, 5.41) is 11.5. The van der Waals surface area contributed by atoms with Crippen molar-refractivity contribution in [3.8, 4) is 5.75 Å². The van der Waals surface area contributed by atoms with Crippen molar-refractivity contribution in [2.45, 2.75) is 0 Å². The normalized spacial score (nSPS) is 9.58. The predicted octanol–water partition coefficient (Wildman–Crippen LogP) is 2.89. The summed E-state index contributed by atoms with van der Waals surface area (Å²) in [5.74, 6) is -0.788. The molecule has 6 nitrogen and oxygen atoms in total. The summed E-state index contributed by atoms with van der Waals surface area (Å²) in [6.45, 7) is 3.43. The van der Waals surface area contributed by atoms with E-state index in [1.807, 2.05) is 0 Å². The third-order valence-corrected chi connectivity index (χ3v) is 2.71. The summed E-state index contributed by atoms with van der Waals surface area (Å²) in [5.41, 5.74) is -0.0101. The second-order valence-corrected chi connectivity index (χ2v) is 4.20. The Bertz CT molecular complexity index is 515. The highest BCUT2D eigenvalue weighted by Crippen LogP contribution is 2.30. The van der Waals surface area contributed by atoms with Crippen LogP contribution in [0, 0.1) is 0 Å². The van der Waals surface area contributed by atoms with Crippen LogP contribution in [0.3, 0.4) is 0 Å². The van der Waals surface area contributed by atoms with Gasteiger partial charge in [-0.2, -0.15) is 0 Å². The van der Waals surface area contributed by atoms with E-state index in [-0.39, 0.29) is 17.9 Å². The second-order valence-electron chi connectivity index (χ2n) is 3.35. The molecule has 1 amide bonds. The zero-order valence-corrected chi connectivity index (χ0v) is 11.7. The number of aromatic carboxylic acids is 1. The van der Waals surface area contributed by atoms with Crippen molar-refractivity contribution >= 4 is 33.7 Å². The topological polar surface area (TPSA) is 84.9 Å². The van der Waals surface area contributed by atoms with Crippen molar-refractivity contribution in [3.05, 3.63) is 34.8 Å². The van der Waals surface area contributed by atoms with Crippen LogP contribution in [0.2, 0.25) is 0 Å². The number of benzene rings is 1. The van der Waals surface area contributed by atoms with Gasteiger partial charge in [0, 0.05) is 10.5 Å². The Morgan fingerprint density at radius 3 is 2.74 bits per heavy atom. The van der Waals surface area contributed by atoms with E-state index in [2.05, 4.69) is 27.8 Å². The van der Waals surface area contributed by atoms with Crippen LogP contribution in [-0.4, -0.2) is 30.9 Å². The third kappa shape index (κ3) is 3.99. The second kappa shape index (κ2) is 6.79. The quantitative estimate of drug-likeness (QED) is 0.811. The van der Waals surface area contributed by atoms with Gasteiger partial charge >= 0.3 is 12.1 Å². The molecule has 1 aromatic rings. The summed E-state index contributed by atoms with van der Waals surface area (Å²) in [6.07, 6.45) is 0.627. The number of ether oxygens (including phenoxy) is 2. The molecule has 19 heavy (non-hydrogen) atoms. The number of anilines is 1. The average Bonchev–Trinajstić information content (AvgIpc) is 2.35. The molecular formula is C12H12BrNO5. The molecule has 0 radical (unpaired) electrons. The number of hydrogen-bond donors (Lipinski definition) is 2. The molecule has 0 saturated carbocycles. The lowest BCUT2D eigenvalue weighted by molar-refractivity contribution is 0.0697. The van der Waals surface area contributed by atoms with E-state index < -0.39 is 12.1 Å². The van der Waals surface area contributed by atoms with E-state index in [0.29, 0.717) is 10.2 Å². The first-order valence-corrected chi connectivity index (χ1v) is 5.94. The summed E-state index contributed by atoms with van der Waals surface area (Å²) in [7, 11) is 1.43. The van der Waals surface area contributed by atoms with Gasteiger partial charge in [-0.15, -0.1) is 0 Å². The Balaban J connectivity index is 3.09. The van der Waals surface area contributed by atoms with Crippen LogP contribution in [0.15, 0.2) is 29.3 Å². The Morgan fingerprint density at radius 2 is 2.21 bits per heavy atom. The summed E-state index contributed by atoms with van der Waals surface area (Å²) in [4.78, 5) is 22.6. The molecule has 0 saturated heterocycles. The first-order valence-electron chi connectivity index (χ1n) is 5.15. The molecule has 2 N–H and O–H groups in total. The number of nitrogens with one attached hydrogen (secondary N) is 1. The molecule has 7 heteroatoms. The number of carboxylic acid groups (broad SMARTS) is 1. The van der Waals surface area contributed by atoms with E-state index in [1.54, 1.807) is 0 Å². The van der Waals surface area contributed by atoms with E-state index in [4.69, 9.17) is 14.6 Å². The number of carbonyl (C=O) groups is 2. The first-order chi connectivity index (χ1) is 8.99. The molecule has 102 valence electrons. The molecule has 1 rings (SSSR count). The maximum atomic E-state index is 11.4. The molecule has 0 fully saturated rings. The number of halogens is 1. The van der Waals surface area contributed by atoms with E-state index in [1.165, 1.54) is 25.3 Å². The van der Waals surface area contributed by atoms with E-state index in [9.17, 15) is 9.59 Å². The molecule has 0 spiro atoms. The fourth-order valence-electron chi connectivity index (χ4n) is 1.30. The highest BCUT2D eigenvalue weighted by molar-refractivity contribution is 9.10. The molecule has 0 unspecified atom stereocenters. The van der Waals surface area contributed by atoms with Crippen LogP contribution >= 0.6 is 15.9 Å². The average molecular weight is 330 g/mol. The minimum absolute atomic E-state index is 0.0272. The molecule has 0 atom stereocenters. The number of carboxylic acids is 1. The SMILES string of the molecule is C=CCOC(=O)Nc1cc(OC)cc(Br)c1C(=O)O. The van der Waals surface area contributed by atoms with Crippen molar-refractivity contribution in [2.24, 2.45) is 0 Å². The fraction of sp³-hybridized carbons (Fsp3) is 0.167. The number of carbonyl (C=O) groups excluding carboxylic acids is 1. The van der Waals surface area contributed by atoms with Gasteiger partial charge in [-0.1, -0.05) is 12.7 Å². The number of methoxy groups -OCH3 is 1. The largest absolute Gasteiger partial charge is 0.497 e. The van der Waals surface area contributed by atoms with Gasteiger partial charge in [-0.25, -0.2) is 9.59 Å².